The topological polar surface area (TPSA) is 3.24 Å². The summed E-state index contributed by atoms with van der Waals surface area (Å²) >= 11 is 0. The van der Waals surface area contributed by atoms with Gasteiger partial charge in [-0.3, -0.25) is 0 Å². The minimum atomic E-state index is -1.41. The van der Waals surface area contributed by atoms with Crippen molar-refractivity contribution >= 4 is 24.5 Å². The van der Waals surface area contributed by atoms with Gasteiger partial charge in [-0.1, -0.05) is 70.7 Å². The molecular formula is C12H31NSi3. The van der Waals surface area contributed by atoms with E-state index in [1.165, 1.54) is 0 Å². The quantitative estimate of drug-likeness (QED) is 0.672. The Balaban J connectivity index is 4.94. The Hall–Kier alpha value is 0.351. The van der Waals surface area contributed by atoms with E-state index in [9.17, 15) is 0 Å². The molecule has 0 N–H and O–H groups in total. The predicted octanol–water partition coefficient (Wildman–Crippen LogP) is 4.39. The van der Waals surface area contributed by atoms with Crippen LogP contribution in [0.1, 0.15) is 1.37 Å². The van der Waals surface area contributed by atoms with Crippen LogP contribution in [0.4, 0.5) is 0 Å². The van der Waals surface area contributed by atoms with E-state index in [0.29, 0.717) is 0 Å². The second-order valence-electron chi connectivity index (χ2n) is 7.55. The Bertz CT molecular complexity index is 268. The summed E-state index contributed by atoms with van der Waals surface area (Å²) in [7, 11) is -3.94. The summed E-state index contributed by atoms with van der Waals surface area (Å²) in [5, 5.41) is 0. The Morgan fingerprint density at radius 3 is 1.50 bits per heavy atom. The lowest BCUT2D eigenvalue weighted by Gasteiger charge is -2.43. The third-order valence-corrected chi connectivity index (χ3v) is 11.1. The van der Waals surface area contributed by atoms with Crippen LogP contribution in [0.25, 0.3) is 0 Å². The summed E-state index contributed by atoms with van der Waals surface area (Å²) in [5.74, 6) is 0. The highest BCUT2D eigenvalue weighted by molar-refractivity contribution is 6.89. The van der Waals surface area contributed by atoms with Gasteiger partial charge in [-0.25, -0.2) is 0 Å². The Labute approximate surface area is 108 Å². The molecule has 0 unspecified atom stereocenters. The third kappa shape index (κ3) is 6.83. The van der Waals surface area contributed by atoms with E-state index >= 15 is 0 Å². The van der Waals surface area contributed by atoms with Crippen LogP contribution in [0.15, 0.2) is 11.8 Å². The molecule has 0 heterocycles. The monoisotopic (exact) mass is 274 g/mol. The zero-order valence-electron chi connectivity index (χ0n) is 13.7. The first kappa shape index (κ1) is 14.4. The van der Waals surface area contributed by atoms with Crippen molar-refractivity contribution in [1.29, 1.82) is 0 Å². The normalized spacial score (nSPS) is 16.6. The van der Waals surface area contributed by atoms with Gasteiger partial charge in [0, 0.05) is 6.54 Å². The van der Waals surface area contributed by atoms with E-state index in [4.69, 9.17) is 1.37 Å². The van der Waals surface area contributed by atoms with Crippen molar-refractivity contribution in [2.24, 2.45) is 0 Å². The standard InChI is InChI=1S/C12H31NSi3/c1-14(2,3)12-10-11-13(15(4,5)6)16(7,8)9/h10,12H,11H2,1-9H3/b12-10-/i12D. The Kier molecular flexibility index (Phi) is 4.80. The van der Waals surface area contributed by atoms with E-state index in [2.05, 4.69) is 69.2 Å². The fourth-order valence-electron chi connectivity index (χ4n) is 2.00. The molecule has 16 heavy (non-hydrogen) atoms. The molecule has 0 aromatic rings. The first-order valence-corrected chi connectivity index (χ1v) is 16.6. The van der Waals surface area contributed by atoms with Gasteiger partial charge >= 0.3 is 0 Å². The molecule has 0 bridgehead atoms. The summed E-state index contributed by atoms with van der Waals surface area (Å²) in [6.07, 6.45) is 2.18. The van der Waals surface area contributed by atoms with Gasteiger partial charge in [0.15, 0.2) is 0 Å². The summed E-state index contributed by atoms with van der Waals surface area (Å²) in [6.45, 7) is 22.2. The summed E-state index contributed by atoms with van der Waals surface area (Å²) < 4.78 is 10.9. The number of nitrogens with zero attached hydrogens (tertiary/aromatic N) is 1. The van der Waals surface area contributed by atoms with E-state index in [-0.39, 0.29) is 0 Å². The largest absolute Gasteiger partial charge is 0.343 e. The first-order chi connectivity index (χ1) is 7.26. The average Bonchev–Trinajstić information content (AvgIpc) is 1.96. The lowest BCUT2D eigenvalue weighted by Crippen LogP contribution is -2.59. The molecule has 0 saturated heterocycles. The van der Waals surface area contributed by atoms with Gasteiger partial charge in [0.2, 0.25) is 0 Å². The molecule has 0 amide bonds. The molecular weight excluding hydrogens is 242 g/mol. The van der Waals surface area contributed by atoms with Crippen molar-refractivity contribution < 1.29 is 1.37 Å². The minimum Gasteiger partial charge on any atom is -0.343 e. The van der Waals surface area contributed by atoms with Gasteiger partial charge in [-0.15, -0.1) is 0 Å². The highest BCUT2D eigenvalue weighted by atomic mass is 28.4. The fourth-order valence-corrected chi connectivity index (χ4v) is 12.0. The van der Waals surface area contributed by atoms with E-state index < -0.39 is 24.5 Å². The molecule has 0 saturated carbocycles. The van der Waals surface area contributed by atoms with Crippen LogP contribution < -0.4 is 0 Å². The highest BCUT2D eigenvalue weighted by Gasteiger charge is 2.33. The summed E-state index contributed by atoms with van der Waals surface area (Å²) in [5.41, 5.74) is 0.902. The fraction of sp³-hybridized carbons (Fsp3) is 0.833. The molecule has 0 aromatic heterocycles. The molecule has 0 aliphatic heterocycles. The van der Waals surface area contributed by atoms with Crippen LogP contribution in [-0.2, 0) is 0 Å². The second-order valence-corrected chi connectivity index (χ2v) is 22.5. The van der Waals surface area contributed by atoms with Gasteiger partial charge < -0.3 is 4.23 Å². The maximum atomic E-state index is 8.15. The van der Waals surface area contributed by atoms with Crippen LogP contribution in [-0.4, -0.2) is 35.3 Å². The van der Waals surface area contributed by atoms with E-state index in [1.807, 2.05) is 0 Å². The molecule has 4 heteroatoms. The number of hydrogen-bond donors (Lipinski definition) is 0. The number of hydrogen-bond acceptors (Lipinski definition) is 1. The van der Waals surface area contributed by atoms with E-state index in [1.54, 1.807) is 0 Å². The second kappa shape index (κ2) is 5.33. The zero-order valence-corrected chi connectivity index (χ0v) is 15.7. The van der Waals surface area contributed by atoms with Crippen molar-refractivity contribution in [3.63, 3.8) is 0 Å². The van der Waals surface area contributed by atoms with Gasteiger partial charge in [-0.05, 0) is 0 Å². The molecule has 0 fully saturated rings. The van der Waals surface area contributed by atoms with Crippen LogP contribution in [0.5, 0.6) is 0 Å². The van der Waals surface area contributed by atoms with Gasteiger partial charge in [0.1, 0.15) is 16.5 Å². The molecule has 96 valence electrons. The molecule has 0 atom stereocenters. The molecule has 1 nitrogen and oxygen atoms in total. The van der Waals surface area contributed by atoms with Crippen molar-refractivity contribution in [3.05, 3.63) is 11.8 Å². The molecule has 0 aliphatic rings. The smallest absolute Gasteiger partial charge is 0.112 e. The SMILES string of the molecule is [2H]/C(=C/CN([Si](C)(C)C)[Si](C)(C)C)[Si](C)(C)C. The lowest BCUT2D eigenvalue weighted by molar-refractivity contribution is 0.688. The van der Waals surface area contributed by atoms with Crippen LogP contribution in [0.2, 0.25) is 58.9 Å². The van der Waals surface area contributed by atoms with Gasteiger partial charge in [-0.2, -0.15) is 0 Å². The summed E-state index contributed by atoms with van der Waals surface area (Å²) in [4.78, 5) is 0. The number of rotatable bonds is 5. The van der Waals surface area contributed by atoms with Crippen LogP contribution >= 0.6 is 0 Å². The third-order valence-electron chi connectivity index (χ3n) is 2.43. The lowest BCUT2D eigenvalue weighted by atomic mass is 10.7. The Morgan fingerprint density at radius 1 is 0.875 bits per heavy atom. The summed E-state index contributed by atoms with van der Waals surface area (Å²) in [6, 6.07) is 0. The molecule has 0 spiro atoms. The molecule has 0 aromatic carbocycles. The van der Waals surface area contributed by atoms with Crippen molar-refractivity contribution in [1.82, 2.24) is 4.23 Å². The average molecular weight is 275 g/mol. The predicted molar refractivity (Wildman–Crippen MR) is 85.9 cm³/mol. The Morgan fingerprint density at radius 2 is 1.25 bits per heavy atom. The van der Waals surface area contributed by atoms with Gasteiger partial charge in [0.25, 0.3) is 0 Å². The van der Waals surface area contributed by atoms with Crippen LogP contribution in [0, 0.1) is 0 Å². The van der Waals surface area contributed by atoms with Gasteiger partial charge in [0.05, 0.1) is 9.44 Å². The minimum absolute atomic E-state index is 0.902. The first-order valence-electron chi connectivity index (χ1n) is 6.71. The zero-order chi connectivity index (χ0) is 14.1. The molecule has 0 radical (unpaired) electrons. The maximum absolute atomic E-state index is 8.15. The molecule has 0 aliphatic carbocycles. The molecule has 0 rings (SSSR count). The maximum Gasteiger partial charge on any atom is 0.112 e. The van der Waals surface area contributed by atoms with Crippen molar-refractivity contribution in [3.8, 4) is 0 Å². The van der Waals surface area contributed by atoms with Crippen molar-refractivity contribution in [2.45, 2.75) is 58.9 Å². The van der Waals surface area contributed by atoms with E-state index in [0.717, 1.165) is 12.2 Å². The van der Waals surface area contributed by atoms with Crippen LogP contribution in [0.3, 0.4) is 0 Å². The highest BCUT2D eigenvalue weighted by Crippen LogP contribution is 2.19. The van der Waals surface area contributed by atoms with Crippen molar-refractivity contribution in [2.75, 3.05) is 6.54 Å².